The molecule has 150 valence electrons. The lowest BCUT2D eigenvalue weighted by Crippen LogP contribution is -2.50. The lowest BCUT2D eigenvalue weighted by atomic mass is 9.87. The zero-order valence-electron chi connectivity index (χ0n) is 17.0. The zero-order valence-corrected chi connectivity index (χ0v) is 17.8. The molecule has 0 spiro atoms. The van der Waals surface area contributed by atoms with E-state index < -0.39 is 10.0 Å². The molecule has 0 bridgehead atoms. The van der Waals surface area contributed by atoms with E-state index in [1.165, 1.54) is 4.31 Å². The summed E-state index contributed by atoms with van der Waals surface area (Å²) in [7, 11) is -3.55. The van der Waals surface area contributed by atoms with Gasteiger partial charge in [-0.2, -0.15) is 4.31 Å². The molecule has 5 nitrogen and oxygen atoms in total. The van der Waals surface area contributed by atoms with E-state index in [0.717, 1.165) is 11.1 Å². The molecule has 1 aliphatic heterocycles. The standard InChI is InChI=1S/C22H28N2O3S/c1-17-7-5-6-8-20(17)21(25)23-13-15-24(16-14-23)28(26,27)19-11-9-18(10-12-19)22(2,3)4/h5-12H,13-16H2,1-4H3. The summed E-state index contributed by atoms with van der Waals surface area (Å²) in [5, 5.41) is 0. The molecule has 28 heavy (non-hydrogen) atoms. The molecule has 6 heteroatoms. The molecule has 1 aliphatic rings. The second kappa shape index (κ2) is 7.68. The molecule has 0 aliphatic carbocycles. The van der Waals surface area contributed by atoms with E-state index in [0.29, 0.717) is 36.6 Å². The third-order valence-electron chi connectivity index (χ3n) is 5.26. The van der Waals surface area contributed by atoms with Gasteiger partial charge >= 0.3 is 0 Å². The highest BCUT2D eigenvalue weighted by molar-refractivity contribution is 7.89. The van der Waals surface area contributed by atoms with Gasteiger partial charge in [0.1, 0.15) is 0 Å². The third-order valence-corrected chi connectivity index (χ3v) is 7.17. The van der Waals surface area contributed by atoms with Gasteiger partial charge in [-0.25, -0.2) is 8.42 Å². The molecule has 0 radical (unpaired) electrons. The minimum atomic E-state index is -3.55. The van der Waals surface area contributed by atoms with E-state index in [-0.39, 0.29) is 11.3 Å². The van der Waals surface area contributed by atoms with Gasteiger partial charge in [-0.15, -0.1) is 0 Å². The van der Waals surface area contributed by atoms with Crippen molar-refractivity contribution >= 4 is 15.9 Å². The Morgan fingerprint density at radius 1 is 0.893 bits per heavy atom. The van der Waals surface area contributed by atoms with Crippen molar-refractivity contribution in [2.75, 3.05) is 26.2 Å². The van der Waals surface area contributed by atoms with Crippen LogP contribution in [-0.2, 0) is 15.4 Å². The Kier molecular flexibility index (Phi) is 5.64. The number of rotatable bonds is 3. The molecular formula is C22H28N2O3S. The van der Waals surface area contributed by atoms with Gasteiger partial charge in [-0.1, -0.05) is 51.1 Å². The van der Waals surface area contributed by atoms with Gasteiger partial charge in [-0.3, -0.25) is 4.79 Å². The first-order valence-corrected chi connectivity index (χ1v) is 11.0. The highest BCUT2D eigenvalue weighted by Gasteiger charge is 2.31. The van der Waals surface area contributed by atoms with Crippen LogP contribution in [0.3, 0.4) is 0 Å². The summed E-state index contributed by atoms with van der Waals surface area (Å²) in [5.41, 5.74) is 2.68. The summed E-state index contributed by atoms with van der Waals surface area (Å²) in [6, 6.07) is 14.6. The number of sulfonamides is 1. The van der Waals surface area contributed by atoms with Crippen molar-refractivity contribution in [1.82, 2.24) is 9.21 Å². The number of hydrogen-bond donors (Lipinski definition) is 0. The highest BCUT2D eigenvalue weighted by Crippen LogP contribution is 2.25. The summed E-state index contributed by atoms with van der Waals surface area (Å²) < 4.78 is 27.4. The normalized spacial score (nSPS) is 16.2. The predicted molar refractivity (Wildman–Crippen MR) is 111 cm³/mol. The van der Waals surface area contributed by atoms with Gasteiger partial charge in [0.15, 0.2) is 0 Å². The Labute approximate surface area is 168 Å². The average molecular weight is 401 g/mol. The fourth-order valence-corrected chi connectivity index (χ4v) is 4.81. The minimum Gasteiger partial charge on any atom is -0.336 e. The van der Waals surface area contributed by atoms with Crippen LogP contribution in [0, 0.1) is 6.92 Å². The number of amides is 1. The Morgan fingerprint density at radius 2 is 1.46 bits per heavy atom. The maximum Gasteiger partial charge on any atom is 0.254 e. The van der Waals surface area contributed by atoms with E-state index in [1.54, 1.807) is 17.0 Å². The average Bonchev–Trinajstić information content (AvgIpc) is 2.67. The van der Waals surface area contributed by atoms with Gasteiger partial charge in [0.25, 0.3) is 5.91 Å². The van der Waals surface area contributed by atoms with Crippen LogP contribution in [0.25, 0.3) is 0 Å². The number of aryl methyl sites for hydroxylation is 1. The maximum atomic E-state index is 13.0. The first-order chi connectivity index (χ1) is 13.1. The predicted octanol–water partition coefficient (Wildman–Crippen LogP) is 3.44. The van der Waals surface area contributed by atoms with Crippen molar-refractivity contribution in [3.05, 3.63) is 65.2 Å². The van der Waals surface area contributed by atoms with Crippen LogP contribution >= 0.6 is 0 Å². The number of carbonyl (C=O) groups excluding carboxylic acids is 1. The monoisotopic (exact) mass is 400 g/mol. The van der Waals surface area contributed by atoms with Gasteiger partial charge in [0.2, 0.25) is 10.0 Å². The smallest absolute Gasteiger partial charge is 0.254 e. The molecule has 0 unspecified atom stereocenters. The fraction of sp³-hybridized carbons (Fsp3) is 0.409. The molecule has 0 N–H and O–H groups in total. The number of benzene rings is 2. The SMILES string of the molecule is Cc1ccccc1C(=O)N1CCN(S(=O)(=O)c2ccc(C(C)(C)C)cc2)CC1. The topological polar surface area (TPSA) is 57.7 Å². The first-order valence-electron chi connectivity index (χ1n) is 9.56. The summed E-state index contributed by atoms with van der Waals surface area (Å²) in [4.78, 5) is 14.8. The summed E-state index contributed by atoms with van der Waals surface area (Å²) in [5.74, 6) is -0.0373. The Morgan fingerprint density at radius 3 is 2.00 bits per heavy atom. The Hall–Kier alpha value is -2.18. The van der Waals surface area contributed by atoms with Crippen LogP contribution in [0.5, 0.6) is 0 Å². The van der Waals surface area contributed by atoms with Crippen LogP contribution < -0.4 is 0 Å². The van der Waals surface area contributed by atoms with Gasteiger partial charge in [-0.05, 0) is 41.7 Å². The molecule has 1 fully saturated rings. The molecule has 1 heterocycles. The van der Waals surface area contributed by atoms with Crippen molar-refractivity contribution in [3.63, 3.8) is 0 Å². The van der Waals surface area contributed by atoms with Crippen LogP contribution in [0.4, 0.5) is 0 Å². The van der Waals surface area contributed by atoms with Crippen LogP contribution in [0.2, 0.25) is 0 Å². The number of piperazine rings is 1. The molecule has 3 rings (SSSR count). The number of carbonyl (C=O) groups is 1. The molecule has 0 atom stereocenters. The van der Waals surface area contributed by atoms with Gasteiger partial charge in [0, 0.05) is 31.7 Å². The molecule has 0 saturated carbocycles. The zero-order chi connectivity index (χ0) is 20.5. The first kappa shape index (κ1) is 20.6. The van der Waals surface area contributed by atoms with E-state index in [1.807, 2.05) is 43.3 Å². The lowest BCUT2D eigenvalue weighted by Gasteiger charge is -2.34. The van der Waals surface area contributed by atoms with Crippen molar-refractivity contribution in [2.24, 2.45) is 0 Å². The molecule has 2 aromatic rings. The largest absolute Gasteiger partial charge is 0.336 e. The van der Waals surface area contributed by atoms with Crippen LogP contribution in [0.1, 0.15) is 42.3 Å². The van der Waals surface area contributed by atoms with Crippen molar-refractivity contribution in [1.29, 1.82) is 0 Å². The van der Waals surface area contributed by atoms with Crippen LogP contribution in [0.15, 0.2) is 53.4 Å². The van der Waals surface area contributed by atoms with E-state index >= 15 is 0 Å². The van der Waals surface area contributed by atoms with E-state index in [4.69, 9.17) is 0 Å². The lowest BCUT2D eigenvalue weighted by molar-refractivity contribution is 0.0697. The maximum absolute atomic E-state index is 13.0. The highest BCUT2D eigenvalue weighted by atomic mass is 32.2. The third kappa shape index (κ3) is 4.13. The molecule has 1 saturated heterocycles. The Balaban J connectivity index is 1.70. The van der Waals surface area contributed by atoms with Gasteiger partial charge < -0.3 is 4.90 Å². The van der Waals surface area contributed by atoms with Crippen molar-refractivity contribution in [3.8, 4) is 0 Å². The summed E-state index contributed by atoms with van der Waals surface area (Å²) in [6.07, 6.45) is 0. The van der Waals surface area contributed by atoms with E-state index in [2.05, 4.69) is 20.8 Å². The van der Waals surface area contributed by atoms with E-state index in [9.17, 15) is 13.2 Å². The minimum absolute atomic E-state index is 0.0240. The summed E-state index contributed by atoms with van der Waals surface area (Å²) >= 11 is 0. The van der Waals surface area contributed by atoms with Crippen molar-refractivity contribution < 1.29 is 13.2 Å². The number of hydrogen-bond acceptors (Lipinski definition) is 3. The molecule has 2 aromatic carbocycles. The Bertz CT molecular complexity index is 952. The van der Waals surface area contributed by atoms with Crippen molar-refractivity contribution in [2.45, 2.75) is 38.0 Å². The quantitative estimate of drug-likeness (QED) is 0.793. The molecule has 1 amide bonds. The number of nitrogens with zero attached hydrogens (tertiary/aromatic N) is 2. The molecule has 0 aromatic heterocycles. The van der Waals surface area contributed by atoms with Gasteiger partial charge in [0.05, 0.1) is 4.90 Å². The van der Waals surface area contributed by atoms with Crippen LogP contribution in [-0.4, -0.2) is 49.7 Å². The summed E-state index contributed by atoms with van der Waals surface area (Å²) in [6.45, 7) is 9.61. The fourth-order valence-electron chi connectivity index (χ4n) is 3.39. The molecular weight excluding hydrogens is 372 g/mol. The second-order valence-corrected chi connectivity index (χ2v) is 10.2. The second-order valence-electron chi connectivity index (χ2n) is 8.29.